The summed E-state index contributed by atoms with van der Waals surface area (Å²) in [7, 11) is 0. The van der Waals surface area contributed by atoms with Gasteiger partial charge < -0.3 is 10.1 Å². The van der Waals surface area contributed by atoms with E-state index in [-0.39, 0.29) is 17.9 Å². The highest BCUT2D eigenvalue weighted by Crippen LogP contribution is 2.20. The SMILES string of the molecule is O=C(O)CC1CCN(Cc2nc3ccccc3c(=O)[nH]2)C1. The Kier molecular flexibility index (Phi) is 3.70. The fourth-order valence-electron chi connectivity index (χ4n) is 2.89. The van der Waals surface area contributed by atoms with E-state index in [9.17, 15) is 9.59 Å². The molecule has 1 saturated heterocycles. The van der Waals surface area contributed by atoms with Gasteiger partial charge in [-0.05, 0) is 31.0 Å². The van der Waals surface area contributed by atoms with E-state index in [4.69, 9.17) is 5.11 Å². The number of aliphatic carboxylic acids is 1. The maximum Gasteiger partial charge on any atom is 0.303 e. The average Bonchev–Trinajstić information content (AvgIpc) is 2.85. The molecule has 0 amide bonds. The zero-order valence-corrected chi connectivity index (χ0v) is 11.6. The van der Waals surface area contributed by atoms with Crippen LogP contribution in [0.3, 0.4) is 0 Å². The van der Waals surface area contributed by atoms with Gasteiger partial charge in [-0.25, -0.2) is 4.98 Å². The third kappa shape index (κ3) is 3.11. The molecule has 110 valence electrons. The van der Waals surface area contributed by atoms with Gasteiger partial charge in [0.15, 0.2) is 0 Å². The molecule has 0 saturated carbocycles. The summed E-state index contributed by atoms with van der Waals surface area (Å²) in [6.07, 6.45) is 1.09. The van der Waals surface area contributed by atoms with Crippen LogP contribution in [-0.4, -0.2) is 39.0 Å². The summed E-state index contributed by atoms with van der Waals surface area (Å²) in [5, 5.41) is 9.42. The first kappa shape index (κ1) is 13.8. The number of nitrogens with zero attached hydrogens (tertiary/aromatic N) is 2. The van der Waals surface area contributed by atoms with E-state index in [0.29, 0.717) is 23.3 Å². The molecule has 6 nitrogen and oxygen atoms in total. The van der Waals surface area contributed by atoms with Crippen LogP contribution in [0.1, 0.15) is 18.7 Å². The predicted molar refractivity (Wildman–Crippen MR) is 78.0 cm³/mol. The Morgan fingerprint density at radius 3 is 3.05 bits per heavy atom. The molecular formula is C15H17N3O3. The highest BCUT2D eigenvalue weighted by Gasteiger charge is 2.24. The number of carbonyl (C=O) groups is 1. The van der Waals surface area contributed by atoms with Gasteiger partial charge in [-0.15, -0.1) is 0 Å². The van der Waals surface area contributed by atoms with Gasteiger partial charge in [-0.2, -0.15) is 0 Å². The van der Waals surface area contributed by atoms with Crippen molar-refractivity contribution in [1.29, 1.82) is 0 Å². The minimum atomic E-state index is -0.751. The second kappa shape index (κ2) is 5.65. The lowest BCUT2D eigenvalue weighted by Crippen LogP contribution is -2.24. The van der Waals surface area contributed by atoms with Crippen LogP contribution in [0.5, 0.6) is 0 Å². The lowest BCUT2D eigenvalue weighted by molar-refractivity contribution is -0.138. The van der Waals surface area contributed by atoms with E-state index < -0.39 is 5.97 Å². The molecule has 21 heavy (non-hydrogen) atoms. The zero-order valence-electron chi connectivity index (χ0n) is 11.6. The van der Waals surface area contributed by atoms with Gasteiger partial charge in [0.2, 0.25) is 0 Å². The van der Waals surface area contributed by atoms with Gasteiger partial charge in [-0.1, -0.05) is 12.1 Å². The summed E-state index contributed by atoms with van der Waals surface area (Å²) in [6.45, 7) is 2.13. The molecule has 0 radical (unpaired) electrons. The van der Waals surface area contributed by atoms with E-state index in [1.807, 2.05) is 18.2 Å². The van der Waals surface area contributed by atoms with Crippen molar-refractivity contribution in [3.05, 3.63) is 40.4 Å². The topological polar surface area (TPSA) is 86.3 Å². The van der Waals surface area contributed by atoms with Crippen LogP contribution in [0.2, 0.25) is 0 Å². The number of nitrogens with one attached hydrogen (secondary N) is 1. The monoisotopic (exact) mass is 287 g/mol. The summed E-state index contributed by atoms with van der Waals surface area (Å²) in [5.74, 6) is 0.0726. The van der Waals surface area contributed by atoms with Crippen molar-refractivity contribution in [3.63, 3.8) is 0 Å². The number of carboxylic acids is 1. The van der Waals surface area contributed by atoms with Crippen LogP contribution in [0.25, 0.3) is 10.9 Å². The van der Waals surface area contributed by atoms with E-state index >= 15 is 0 Å². The van der Waals surface area contributed by atoms with E-state index in [0.717, 1.165) is 19.5 Å². The molecule has 1 aliphatic heterocycles. The number of aromatic amines is 1. The van der Waals surface area contributed by atoms with E-state index in [2.05, 4.69) is 14.9 Å². The van der Waals surface area contributed by atoms with Gasteiger partial charge in [0.1, 0.15) is 5.82 Å². The molecule has 0 spiro atoms. The van der Waals surface area contributed by atoms with Gasteiger partial charge in [-0.3, -0.25) is 14.5 Å². The maximum absolute atomic E-state index is 12.0. The average molecular weight is 287 g/mol. The molecular weight excluding hydrogens is 270 g/mol. The number of hydrogen-bond donors (Lipinski definition) is 2. The highest BCUT2D eigenvalue weighted by atomic mass is 16.4. The molecule has 1 aliphatic rings. The molecule has 2 N–H and O–H groups in total. The fourth-order valence-corrected chi connectivity index (χ4v) is 2.89. The Morgan fingerprint density at radius 1 is 1.43 bits per heavy atom. The molecule has 1 aromatic heterocycles. The summed E-state index contributed by atoms with van der Waals surface area (Å²) in [6, 6.07) is 7.25. The summed E-state index contributed by atoms with van der Waals surface area (Å²) < 4.78 is 0. The van der Waals surface area contributed by atoms with E-state index in [1.165, 1.54) is 0 Å². The number of benzene rings is 1. The number of fused-ring (bicyclic) bond motifs is 1. The zero-order chi connectivity index (χ0) is 14.8. The van der Waals surface area contributed by atoms with Gasteiger partial charge in [0, 0.05) is 13.0 Å². The molecule has 1 fully saturated rings. The van der Waals surface area contributed by atoms with Crippen LogP contribution in [0.4, 0.5) is 0 Å². The lowest BCUT2D eigenvalue weighted by atomic mass is 10.1. The molecule has 2 heterocycles. The van der Waals surface area contributed by atoms with Gasteiger partial charge >= 0.3 is 5.97 Å². The number of hydrogen-bond acceptors (Lipinski definition) is 4. The van der Waals surface area contributed by atoms with Crippen LogP contribution in [0.15, 0.2) is 29.1 Å². The summed E-state index contributed by atoms with van der Waals surface area (Å²) in [4.78, 5) is 32.1. The van der Waals surface area contributed by atoms with Crippen molar-refractivity contribution < 1.29 is 9.90 Å². The largest absolute Gasteiger partial charge is 0.481 e. The first-order valence-electron chi connectivity index (χ1n) is 7.04. The van der Waals surface area contributed by atoms with Crippen molar-refractivity contribution in [2.24, 2.45) is 5.92 Å². The number of carboxylic acid groups (broad SMARTS) is 1. The highest BCUT2D eigenvalue weighted by molar-refractivity contribution is 5.77. The van der Waals surface area contributed by atoms with Crippen molar-refractivity contribution in [2.75, 3.05) is 13.1 Å². The van der Waals surface area contributed by atoms with Crippen molar-refractivity contribution >= 4 is 16.9 Å². The fraction of sp³-hybridized carbons (Fsp3) is 0.400. The minimum Gasteiger partial charge on any atom is -0.481 e. The summed E-state index contributed by atoms with van der Waals surface area (Å²) in [5.41, 5.74) is 0.564. The Bertz CT molecular complexity index is 725. The number of H-pyrrole nitrogens is 1. The van der Waals surface area contributed by atoms with Crippen LogP contribution < -0.4 is 5.56 Å². The second-order valence-electron chi connectivity index (χ2n) is 5.52. The van der Waals surface area contributed by atoms with Crippen LogP contribution in [0, 0.1) is 5.92 Å². The molecule has 6 heteroatoms. The van der Waals surface area contributed by atoms with Crippen molar-refractivity contribution in [2.45, 2.75) is 19.4 Å². The molecule has 0 aliphatic carbocycles. The van der Waals surface area contributed by atoms with E-state index in [1.54, 1.807) is 6.07 Å². The molecule has 1 atom stereocenters. The Labute approximate surface area is 121 Å². The standard InChI is InChI=1S/C15H17N3O3/c19-14(20)7-10-5-6-18(8-10)9-13-16-12-4-2-1-3-11(12)15(21)17-13/h1-4,10H,5-9H2,(H,19,20)(H,16,17,21). The molecule has 3 rings (SSSR count). The van der Waals surface area contributed by atoms with Crippen LogP contribution in [-0.2, 0) is 11.3 Å². The quantitative estimate of drug-likeness (QED) is 0.883. The third-order valence-corrected chi connectivity index (χ3v) is 3.87. The minimum absolute atomic E-state index is 0.128. The Morgan fingerprint density at radius 2 is 2.24 bits per heavy atom. The number of para-hydroxylation sites is 1. The van der Waals surface area contributed by atoms with Gasteiger partial charge in [0.05, 0.1) is 17.4 Å². The lowest BCUT2D eigenvalue weighted by Gasteiger charge is -2.15. The molecule has 1 unspecified atom stereocenters. The number of likely N-dealkylation sites (tertiary alicyclic amines) is 1. The predicted octanol–water partition coefficient (Wildman–Crippen LogP) is 1.22. The normalized spacial score (nSPS) is 19.1. The smallest absolute Gasteiger partial charge is 0.303 e. The Balaban J connectivity index is 1.74. The molecule has 2 aromatic rings. The molecule has 1 aromatic carbocycles. The maximum atomic E-state index is 12.0. The third-order valence-electron chi connectivity index (χ3n) is 3.87. The van der Waals surface area contributed by atoms with Crippen molar-refractivity contribution in [3.8, 4) is 0 Å². The van der Waals surface area contributed by atoms with Gasteiger partial charge in [0.25, 0.3) is 5.56 Å². The number of aromatic nitrogens is 2. The van der Waals surface area contributed by atoms with Crippen molar-refractivity contribution in [1.82, 2.24) is 14.9 Å². The number of rotatable bonds is 4. The Hall–Kier alpha value is -2.21. The first-order chi connectivity index (χ1) is 10.1. The second-order valence-corrected chi connectivity index (χ2v) is 5.52. The van der Waals surface area contributed by atoms with Crippen LogP contribution >= 0.6 is 0 Å². The first-order valence-corrected chi connectivity index (χ1v) is 7.04. The summed E-state index contributed by atoms with van der Waals surface area (Å²) >= 11 is 0. The molecule has 0 bridgehead atoms.